The zero-order valence-corrected chi connectivity index (χ0v) is 15.1. The molecule has 0 aromatic heterocycles. The summed E-state index contributed by atoms with van der Waals surface area (Å²) in [6.45, 7) is 6.24. The Bertz CT molecular complexity index is 656. The van der Waals surface area contributed by atoms with E-state index in [9.17, 15) is 20.1 Å². The number of hydrogen-bond acceptors (Lipinski definition) is 5. The minimum Gasteiger partial charge on any atom is -0.339 e. The minimum absolute atomic E-state index is 0.0199. The van der Waals surface area contributed by atoms with Gasteiger partial charge in [0.2, 0.25) is 11.8 Å². The highest BCUT2D eigenvalue weighted by Crippen LogP contribution is 2.41. The van der Waals surface area contributed by atoms with Gasteiger partial charge in [0.1, 0.15) is 5.92 Å². The first-order chi connectivity index (χ1) is 11.3. The Kier molecular flexibility index (Phi) is 5.56. The summed E-state index contributed by atoms with van der Waals surface area (Å²) in [4.78, 5) is 26.4. The smallest absolute Gasteiger partial charge is 0.243 e. The standard InChI is InChI=1S/C17H22N4O2S/c1-11-6-4-5-7-21(11)14(22)10-24-16-13(9-19)17(2,3)12(8-18)15(23)20-16/h11-12H,4-7,10H2,1-3H3,(H,20,23)/t11-,12+/m0/s1. The Morgan fingerprint density at radius 2 is 2.12 bits per heavy atom. The maximum absolute atomic E-state index is 12.4. The van der Waals surface area contributed by atoms with E-state index in [1.165, 1.54) is 11.8 Å². The van der Waals surface area contributed by atoms with E-state index in [0.717, 1.165) is 25.8 Å². The Balaban J connectivity index is 2.14. The van der Waals surface area contributed by atoms with E-state index in [4.69, 9.17) is 0 Å². The topological polar surface area (TPSA) is 97.0 Å². The SMILES string of the molecule is C[C@H]1CCCCN1C(=O)CSC1=C(C#N)C(C)(C)[C@H](C#N)C(=O)N1. The van der Waals surface area contributed by atoms with Gasteiger partial charge in [-0.1, -0.05) is 25.6 Å². The second kappa shape index (κ2) is 7.27. The first-order valence-corrected chi connectivity index (χ1v) is 9.09. The van der Waals surface area contributed by atoms with Crippen molar-refractivity contribution in [3.05, 3.63) is 10.6 Å². The number of carbonyl (C=O) groups is 2. The molecule has 0 saturated carbocycles. The molecule has 128 valence electrons. The van der Waals surface area contributed by atoms with E-state index in [2.05, 4.69) is 11.4 Å². The molecular formula is C17H22N4O2S. The lowest BCUT2D eigenvalue weighted by Gasteiger charge is -2.35. The van der Waals surface area contributed by atoms with E-state index in [-0.39, 0.29) is 17.7 Å². The van der Waals surface area contributed by atoms with E-state index in [0.29, 0.717) is 10.6 Å². The van der Waals surface area contributed by atoms with Crippen LogP contribution in [0.15, 0.2) is 10.6 Å². The van der Waals surface area contributed by atoms with Crippen LogP contribution < -0.4 is 5.32 Å². The number of piperidine rings is 1. The molecule has 2 heterocycles. The number of hydrogen-bond donors (Lipinski definition) is 1. The van der Waals surface area contributed by atoms with Crippen molar-refractivity contribution in [2.75, 3.05) is 12.3 Å². The molecule has 0 aromatic rings. The first-order valence-electron chi connectivity index (χ1n) is 8.10. The molecule has 1 fully saturated rings. The highest BCUT2D eigenvalue weighted by atomic mass is 32.2. The number of carbonyl (C=O) groups excluding carboxylic acids is 2. The van der Waals surface area contributed by atoms with Gasteiger partial charge in [0, 0.05) is 18.0 Å². The van der Waals surface area contributed by atoms with Crippen LogP contribution in [0.25, 0.3) is 0 Å². The van der Waals surface area contributed by atoms with Crippen LogP contribution in [0.4, 0.5) is 0 Å². The number of amides is 2. The van der Waals surface area contributed by atoms with Crippen LogP contribution in [-0.4, -0.2) is 35.1 Å². The summed E-state index contributed by atoms with van der Waals surface area (Å²) in [5, 5.41) is 21.7. The van der Waals surface area contributed by atoms with Crippen molar-refractivity contribution >= 4 is 23.6 Å². The molecule has 2 atom stereocenters. The van der Waals surface area contributed by atoms with Gasteiger partial charge in [-0.3, -0.25) is 9.59 Å². The largest absolute Gasteiger partial charge is 0.339 e. The van der Waals surface area contributed by atoms with Crippen LogP contribution in [0.3, 0.4) is 0 Å². The number of nitrogens with one attached hydrogen (secondary N) is 1. The van der Waals surface area contributed by atoms with Crippen molar-refractivity contribution in [3.8, 4) is 12.1 Å². The van der Waals surface area contributed by atoms with Gasteiger partial charge in [0.15, 0.2) is 0 Å². The highest BCUT2D eigenvalue weighted by Gasteiger charge is 2.44. The fourth-order valence-corrected chi connectivity index (χ4v) is 4.28. The molecular weight excluding hydrogens is 324 g/mol. The molecule has 0 unspecified atom stereocenters. The quantitative estimate of drug-likeness (QED) is 0.844. The van der Waals surface area contributed by atoms with Gasteiger partial charge in [-0.05, 0) is 26.2 Å². The van der Waals surface area contributed by atoms with Crippen LogP contribution in [0.5, 0.6) is 0 Å². The molecule has 0 bridgehead atoms. The second-order valence-corrected chi connectivity index (χ2v) is 7.80. The van der Waals surface area contributed by atoms with Crippen LogP contribution >= 0.6 is 11.8 Å². The maximum atomic E-state index is 12.4. The Labute approximate surface area is 146 Å². The predicted molar refractivity (Wildman–Crippen MR) is 91.1 cm³/mol. The minimum atomic E-state index is -0.908. The Morgan fingerprint density at radius 1 is 1.42 bits per heavy atom. The monoisotopic (exact) mass is 346 g/mol. The molecule has 2 aliphatic heterocycles. The van der Waals surface area contributed by atoms with E-state index < -0.39 is 17.2 Å². The van der Waals surface area contributed by atoms with Crippen molar-refractivity contribution in [2.24, 2.45) is 11.3 Å². The molecule has 0 aliphatic carbocycles. The van der Waals surface area contributed by atoms with Gasteiger partial charge in [-0.25, -0.2) is 0 Å². The third kappa shape index (κ3) is 3.42. The lowest BCUT2D eigenvalue weighted by Crippen LogP contribution is -2.45. The molecule has 0 spiro atoms. The van der Waals surface area contributed by atoms with Gasteiger partial charge in [-0.15, -0.1) is 0 Å². The van der Waals surface area contributed by atoms with Gasteiger partial charge >= 0.3 is 0 Å². The molecule has 1 N–H and O–H groups in total. The van der Waals surface area contributed by atoms with Crippen LogP contribution in [0.2, 0.25) is 0 Å². The molecule has 24 heavy (non-hydrogen) atoms. The Morgan fingerprint density at radius 3 is 2.71 bits per heavy atom. The van der Waals surface area contributed by atoms with Gasteiger partial charge in [0.05, 0.1) is 28.5 Å². The maximum Gasteiger partial charge on any atom is 0.243 e. The van der Waals surface area contributed by atoms with Crippen LogP contribution in [0.1, 0.15) is 40.0 Å². The normalized spacial score (nSPS) is 26.4. The lowest BCUT2D eigenvalue weighted by atomic mass is 9.72. The molecule has 7 heteroatoms. The molecule has 0 radical (unpaired) electrons. The third-order valence-corrected chi connectivity index (χ3v) is 5.78. The third-order valence-electron chi connectivity index (χ3n) is 4.80. The Hall–Kier alpha value is -1.99. The summed E-state index contributed by atoms with van der Waals surface area (Å²) in [5.41, 5.74) is -0.506. The van der Waals surface area contributed by atoms with Crippen molar-refractivity contribution in [1.82, 2.24) is 10.2 Å². The lowest BCUT2D eigenvalue weighted by molar-refractivity contribution is -0.131. The van der Waals surface area contributed by atoms with Crippen molar-refractivity contribution in [2.45, 2.75) is 46.1 Å². The highest BCUT2D eigenvalue weighted by molar-refractivity contribution is 8.03. The molecule has 1 saturated heterocycles. The fourth-order valence-electron chi connectivity index (χ4n) is 3.22. The number of rotatable bonds is 3. The van der Waals surface area contributed by atoms with Crippen molar-refractivity contribution in [1.29, 1.82) is 10.5 Å². The van der Waals surface area contributed by atoms with Crippen LogP contribution in [0, 0.1) is 34.0 Å². The summed E-state index contributed by atoms with van der Waals surface area (Å²) in [7, 11) is 0. The molecule has 6 nitrogen and oxygen atoms in total. The second-order valence-electron chi connectivity index (χ2n) is 6.81. The van der Waals surface area contributed by atoms with Crippen LogP contribution in [-0.2, 0) is 9.59 Å². The van der Waals surface area contributed by atoms with Gasteiger partial charge in [-0.2, -0.15) is 10.5 Å². The average Bonchev–Trinajstić information content (AvgIpc) is 2.52. The van der Waals surface area contributed by atoms with Crippen molar-refractivity contribution < 1.29 is 9.59 Å². The molecule has 2 amide bonds. The summed E-state index contributed by atoms with van der Waals surface area (Å²) in [6.07, 6.45) is 3.16. The van der Waals surface area contributed by atoms with Gasteiger partial charge in [0.25, 0.3) is 0 Å². The predicted octanol–water partition coefficient (Wildman–Crippen LogP) is 2.15. The van der Waals surface area contributed by atoms with Crippen molar-refractivity contribution in [3.63, 3.8) is 0 Å². The summed E-state index contributed by atoms with van der Waals surface area (Å²) in [5.74, 6) is -1.12. The van der Waals surface area contributed by atoms with E-state index >= 15 is 0 Å². The summed E-state index contributed by atoms with van der Waals surface area (Å²) < 4.78 is 0. The fraction of sp³-hybridized carbons (Fsp3) is 0.647. The number of thioether (sulfide) groups is 1. The van der Waals surface area contributed by atoms with Gasteiger partial charge < -0.3 is 10.2 Å². The average molecular weight is 346 g/mol. The molecule has 2 aliphatic rings. The number of likely N-dealkylation sites (tertiary alicyclic amines) is 1. The van der Waals surface area contributed by atoms with E-state index in [1.54, 1.807) is 13.8 Å². The molecule has 0 aromatic carbocycles. The number of nitrogens with zero attached hydrogens (tertiary/aromatic N) is 3. The number of nitriles is 2. The molecule has 2 rings (SSSR count). The van der Waals surface area contributed by atoms with E-state index in [1.807, 2.05) is 17.9 Å². The summed E-state index contributed by atoms with van der Waals surface area (Å²) in [6, 6.07) is 4.31. The zero-order chi connectivity index (χ0) is 17.9. The number of allylic oxidation sites excluding steroid dienone is 1. The summed E-state index contributed by atoms with van der Waals surface area (Å²) >= 11 is 1.18. The zero-order valence-electron chi connectivity index (χ0n) is 14.3. The first kappa shape index (κ1) is 18.4.